The van der Waals surface area contributed by atoms with Crippen molar-refractivity contribution in [1.82, 2.24) is 5.32 Å². The molecular weight excluding hydrogens is 169 g/mol. The predicted octanol–water partition coefficient (Wildman–Crippen LogP) is 1.96. The van der Waals surface area contributed by atoms with Crippen LogP contribution >= 0.6 is 0 Å². The van der Waals surface area contributed by atoms with Gasteiger partial charge in [0.1, 0.15) is 11.6 Å². The van der Waals surface area contributed by atoms with Crippen molar-refractivity contribution in [2.75, 3.05) is 6.54 Å². The smallest absolute Gasteiger partial charge is 0.123 e. The van der Waals surface area contributed by atoms with Crippen molar-refractivity contribution in [1.29, 1.82) is 0 Å². The molecule has 0 aromatic heterocycles. The molecule has 1 atom stereocenters. The molecular formula is C10H12FNO. The van der Waals surface area contributed by atoms with Crippen LogP contribution in [0.3, 0.4) is 0 Å². The quantitative estimate of drug-likeness (QED) is 0.694. The van der Waals surface area contributed by atoms with Crippen molar-refractivity contribution in [3.8, 4) is 5.75 Å². The summed E-state index contributed by atoms with van der Waals surface area (Å²) in [6.07, 6.45) is 2.05. The summed E-state index contributed by atoms with van der Waals surface area (Å²) in [6, 6.07) is 4.20. The zero-order chi connectivity index (χ0) is 9.26. The minimum Gasteiger partial charge on any atom is -0.508 e. The van der Waals surface area contributed by atoms with Gasteiger partial charge in [0.25, 0.3) is 0 Å². The number of phenolic OH excluding ortho intramolecular Hbond substituents is 1. The Hall–Kier alpha value is -1.09. The average Bonchev–Trinajstić information content (AvgIpc) is 2.61. The van der Waals surface area contributed by atoms with Crippen LogP contribution in [0.25, 0.3) is 0 Å². The highest BCUT2D eigenvalue weighted by atomic mass is 19.1. The summed E-state index contributed by atoms with van der Waals surface area (Å²) in [6.45, 7) is 0.945. The first-order valence-electron chi connectivity index (χ1n) is 4.49. The van der Waals surface area contributed by atoms with Gasteiger partial charge >= 0.3 is 0 Å². The second-order valence-corrected chi connectivity index (χ2v) is 3.35. The molecule has 0 aliphatic carbocycles. The van der Waals surface area contributed by atoms with Crippen molar-refractivity contribution in [3.05, 3.63) is 29.6 Å². The minimum atomic E-state index is -0.290. The molecule has 13 heavy (non-hydrogen) atoms. The normalized spacial score (nSPS) is 22.1. The van der Waals surface area contributed by atoms with E-state index in [1.807, 2.05) is 0 Å². The molecule has 70 valence electrons. The van der Waals surface area contributed by atoms with Crippen LogP contribution in [0.1, 0.15) is 24.4 Å². The van der Waals surface area contributed by atoms with Crippen molar-refractivity contribution >= 4 is 0 Å². The molecule has 0 amide bonds. The van der Waals surface area contributed by atoms with Crippen LogP contribution in [-0.2, 0) is 0 Å². The Balaban J connectivity index is 2.32. The molecule has 1 aliphatic rings. The van der Waals surface area contributed by atoms with Gasteiger partial charge in [-0.2, -0.15) is 0 Å². The first kappa shape index (κ1) is 8.51. The second kappa shape index (κ2) is 3.34. The monoisotopic (exact) mass is 181 g/mol. The second-order valence-electron chi connectivity index (χ2n) is 3.35. The van der Waals surface area contributed by atoms with Crippen LogP contribution in [0.15, 0.2) is 18.2 Å². The Morgan fingerprint density at radius 3 is 3.00 bits per heavy atom. The van der Waals surface area contributed by atoms with Gasteiger partial charge in [-0.1, -0.05) is 0 Å². The van der Waals surface area contributed by atoms with E-state index in [-0.39, 0.29) is 17.6 Å². The molecule has 0 radical (unpaired) electrons. The highest BCUT2D eigenvalue weighted by molar-refractivity contribution is 5.35. The van der Waals surface area contributed by atoms with E-state index < -0.39 is 0 Å². The van der Waals surface area contributed by atoms with E-state index >= 15 is 0 Å². The molecule has 1 heterocycles. The van der Waals surface area contributed by atoms with Gasteiger partial charge in [-0.05, 0) is 37.6 Å². The number of phenols is 1. The van der Waals surface area contributed by atoms with E-state index in [0.717, 1.165) is 19.4 Å². The molecule has 1 saturated heterocycles. The molecule has 1 aromatic carbocycles. The van der Waals surface area contributed by atoms with Gasteiger partial charge in [-0.3, -0.25) is 0 Å². The first-order valence-corrected chi connectivity index (χ1v) is 4.49. The van der Waals surface area contributed by atoms with E-state index in [1.165, 1.54) is 18.2 Å². The van der Waals surface area contributed by atoms with E-state index in [4.69, 9.17) is 0 Å². The van der Waals surface area contributed by atoms with Gasteiger partial charge in [0.2, 0.25) is 0 Å². The lowest BCUT2D eigenvalue weighted by atomic mass is 10.0. The van der Waals surface area contributed by atoms with Crippen LogP contribution in [0.2, 0.25) is 0 Å². The summed E-state index contributed by atoms with van der Waals surface area (Å²) in [5.74, 6) is -0.109. The molecule has 2 rings (SSSR count). The van der Waals surface area contributed by atoms with Crippen molar-refractivity contribution in [2.24, 2.45) is 0 Å². The zero-order valence-corrected chi connectivity index (χ0v) is 7.26. The SMILES string of the molecule is Oc1ccc(F)cc1C1CCCN1. The fraction of sp³-hybridized carbons (Fsp3) is 0.400. The maximum absolute atomic E-state index is 12.9. The summed E-state index contributed by atoms with van der Waals surface area (Å²) >= 11 is 0. The number of aromatic hydroxyl groups is 1. The predicted molar refractivity (Wildman–Crippen MR) is 48.0 cm³/mol. The Morgan fingerprint density at radius 2 is 2.31 bits per heavy atom. The third-order valence-electron chi connectivity index (χ3n) is 2.43. The molecule has 1 fully saturated rings. The van der Waals surface area contributed by atoms with E-state index in [9.17, 15) is 9.50 Å². The van der Waals surface area contributed by atoms with Gasteiger partial charge in [0.05, 0.1) is 0 Å². The molecule has 0 spiro atoms. The highest BCUT2D eigenvalue weighted by Crippen LogP contribution is 2.30. The van der Waals surface area contributed by atoms with E-state index in [1.54, 1.807) is 0 Å². The summed E-state index contributed by atoms with van der Waals surface area (Å²) < 4.78 is 12.9. The number of hydrogen-bond acceptors (Lipinski definition) is 2. The van der Waals surface area contributed by atoms with Gasteiger partial charge < -0.3 is 10.4 Å². The lowest BCUT2D eigenvalue weighted by molar-refractivity contribution is 0.453. The van der Waals surface area contributed by atoms with Crippen LogP contribution < -0.4 is 5.32 Å². The molecule has 2 nitrogen and oxygen atoms in total. The third kappa shape index (κ3) is 1.65. The maximum atomic E-state index is 12.9. The summed E-state index contributed by atoms with van der Waals surface area (Å²) in [7, 11) is 0. The van der Waals surface area contributed by atoms with E-state index in [2.05, 4.69) is 5.32 Å². The standard InChI is InChI=1S/C10H12FNO/c11-7-3-4-10(13)8(6-7)9-2-1-5-12-9/h3-4,6,9,12-13H,1-2,5H2. The fourth-order valence-electron chi connectivity index (χ4n) is 1.75. The third-order valence-corrected chi connectivity index (χ3v) is 2.43. The summed E-state index contributed by atoms with van der Waals surface area (Å²) in [4.78, 5) is 0. The number of halogens is 1. The minimum absolute atomic E-state index is 0.121. The van der Waals surface area contributed by atoms with Crippen LogP contribution in [0.4, 0.5) is 4.39 Å². The lowest BCUT2D eigenvalue weighted by Crippen LogP contribution is -2.13. The lowest BCUT2D eigenvalue weighted by Gasteiger charge is -2.11. The van der Waals surface area contributed by atoms with Crippen molar-refractivity contribution < 1.29 is 9.50 Å². The molecule has 0 bridgehead atoms. The number of hydrogen-bond donors (Lipinski definition) is 2. The van der Waals surface area contributed by atoms with Gasteiger partial charge in [0, 0.05) is 11.6 Å². The molecule has 1 unspecified atom stereocenters. The number of nitrogens with one attached hydrogen (secondary N) is 1. The Labute approximate surface area is 76.4 Å². The van der Waals surface area contributed by atoms with Crippen LogP contribution in [0.5, 0.6) is 5.75 Å². The van der Waals surface area contributed by atoms with E-state index in [0.29, 0.717) is 5.56 Å². The molecule has 0 saturated carbocycles. The fourth-order valence-corrected chi connectivity index (χ4v) is 1.75. The van der Waals surface area contributed by atoms with Crippen molar-refractivity contribution in [2.45, 2.75) is 18.9 Å². The van der Waals surface area contributed by atoms with Crippen LogP contribution in [-0.4, -0.2) is 11.7 Å². The number of rotatable bonds is 1. The Morgan fingerprint density at radius 1 is 1.46 bits per heavy atom. The molecule has 1 aromatic rings. The average molecular weight is 181 g/mol. The molecule has 1 aliphatic heterocycles. The Bertz CT molecular complexity index is 308. The topological polar surface area (TPSA) is 32.3 Å². The van der Waals surface area contributed by atoms with Gasteiger partial charge in [-0.25, -0.2) is 4.39 Å². The zero-order valence-electron chi connectivity index (χ0n) is 7.26. The number of benzene rings is 1. The largest absolute Gasteiger partial charge is 0.508 e. The summed E-state index contributed by atoms with van der Waals surface area (Å²) in [5.41, 5.74) is 0.678. The van der Waals surface area contributed by atoms with Gasteiger partial charge in [0.15, 0.2) is 0 Å². The highest BCUT2D eigenvalue weighted by Gasteiger charge is 2.19. The molecule has 3 heteroatoms. The van der Waals surface area contributed by atoms with Crippen LogP contribution in [0, 0.1) is 5.82 Å². The van der Waals surface area contributed by atoms with Crippen molar-refractivity contribution in [3.63, 3.8) is 0 Å². The summed E-state index contributed by atoms with van der Waals surface area (Å²) in [5, 5.41) is 12.7. The first-order chi connectivity index (χ1) is 6.27. The molecule has 2 N–H and O–H groups in total. The van der Waals surface area contributed by atoms with Gasteiger partial charge in [-0.15, -0.1) is 0 Å². The Kier molecular flexibility index (Phi) is 2.19. The maximum Gasteiger partial charge on any atom is 0.123 e.